The quantitative estimate of drug-likeness (QED) is 0.527. The molecule has 0 bridgehead atoms. The van der Waals surface area contributed by atoms with Gasteiger partial charge in [-0.3, -0.25) is 4.79 Å². The number of likely N-dealkylation sites (tertiary alicyclic amines) is 1. The van der Waals surface area contributed by atoms with E-state index >= 15 is 0 Å². The monoisotopic (exact) mass is 491 g/mol. The Kier molecular flexibility index (Phi) is 7.19. The minimum absolute atomic E-state index is 0.169. The predicted molar refractivity (Wildman–Crippen MR) is 137 cm³/mol. The van der Waals surface area contributed by atoms with E-state index in [0.717, 1.165) is 18.4 Å². The number of hydrogen-bond acceptors (Lipinski definition) is 6. The lowest BCUT2D eigenvalue weighted by Gasteiger charge is -2.34. The van der Waals surface area contributed by atoms with Crippen molar-refractivity contribution in [2.45, 2.75) is 51.9 Å². The normalized spacial score (nSPS) is 16.0. The number of rotatable bonds is 6. The SMILES string of the molecule is CC(C)(C)OC(=O)N1CCCC(n2nc(-c3ccc(OCc4ccccc4)cc3)c(C(N)=O)c2N)C1. The summed E-state index contributed by atoms with van der Waals surface area (Å²) in [6.45, 7) is 6.92. The number of anilines is 1. The van der Waals surface area contributed by atoms with Gasteiger partial charge < -0.3 is 25.8 Å². The van der Waals surface area contributed by atoms with Gasteiger partial charge in [-0.15, -0.1) is 0 Å². The molecule has 1 aromatic heterocycles. The first-order valence-electron chi connectivity index (χ1n) is 12.1. The standard InChI is InChI=1S/C27H33N5O4/c1-27(2,3)36-26(34)31-15-7-10-20(16-31)32-24(28)22(25(29)33)23(30-32)19-11-13-21(14-12-19)35-17-18-8-5-4-6-9-18/h4-6,8-9,11-14,20H,7,10,15-17,28H2,1-3H3,(H2,29,33). The zero-order valence-corrected chi connectivity index (χ0v) is 20.9. The van der Waals surface area contributed by atoms with Gasteiger partial charge in [-0.25, -0.2) is 9.48 Å². The average Bonchev–Trinajstić information content (AvgIpc) is 3.20. The third kappa shape index (κ3) is 5.79. The largest absolute Gasteiger partial charge is 0.489 e. The molecule has 1 fully saturated rings. The van der Waals surface area contributed by atoms with Crippen LogP contribution in [0.25, 0.3) is 11.3 Å². The number of carbonyl (C=O) groups excluding carboxylic acids is 2. The number of benzene rings is 2. The van der Waals surface area contributed by atoms with Crippen molar-refractivity contribution in [3.63, 3.8) is 0 Å². The van der Waals surface area contributed by atoms with Crippen LogP contribution in [0.2, 0.25) is 0 Å². The van der Waals surface area contributed by atoms with Gasteiger partial charge in [-0.2, -0.15) is 5.10 Å². The minimum atomic E-state index is -0.655. The van der Waals surface area contributed by atoms with Crippen LogP contribution in [0.3, 0.4) is 0 Å². The summed E-state index contributed by atoms with van der Waals surface area (Å²) >= 11 is 0. The smallest absolute Gasteiger partial charge is 0.410 e. The van der Waals surface area contributed by atoms with Crippen molar-refractivity contribution in [2.75, 3.05) is 18.8 Å². The molecule has 1 atom stereocenters. The molecule has 2 amide bonds. The van der Waals surface area contributed by atoms with Crippen LogP contribution in [-0.2, 0) is 11.3 Å². The van der Waals surface area contributed by atoms with Crippen LogP contribution < -0.4 is 16.2 Å². The lowest BCUT2D eigenvalue weighted by molar-refractivity contribution is 0.0168. The zero-order valence-electron chi connectivity index (χ0n) is 20.9. The Hall–Kier alpha value is -4.01. The highest BCUT2D eigenvalue weighted by molar-refractivity contribution is 6.03. The van der Waals surface area contributed by atoms with Crippen molar-refractivity contribution in [3.8, 4) is 17.0 Å². The van der Waals surface area contributed by atoms with Crippen molar-refractivity contribution >= 4 is 17.8 Å². The summed E-state index contributed by atoms with van der Waals surface area (Å²) in [4.78, 5) is 26.6. The highest BCUT2D eigenvalue weighted by Gasteiger charge is 2.32. The van der Waals surface area contributed by atoms with Crippen LogP contribution >= 0.6 is 0 Å². The fraction of sp³-hybridized carbons (Fsp3) is 0.370. The first-order valence-corrected chi connectivity index (χ1v) is 12.1. The second-order valence-electron chi connectivity index (χ2n) is 9.94. The maximum absolute atomic E-state index is 12.6. The third-order valence-corrected chi connectivity index (χ3v) is 5.96. The molecule has 9 heteroatoms. The fourth-order valence-corrected chi connectivity index (χ4v) is 4.27. The molecule has 0 radical (unpaired) electrons. The van der Waals surface area contributed by atoms with Crippen LogP contribution in [0.4, 0.5) is 10.6 Å². The lowest BCUT2D eigenvalue weighted by Crippen LogP contribution is -2.43. The average molecular weight is 492 g/mol. The summed E-state index contributed by atoms with van der Waals surface area (Å²) in [7, 11) is 0. The molecule has 3 aromatic rings. The first kappa shape index (κ1) is 25.1. The summed E-state index contributed by atoms with van der Waals surface area (Å²) in [6.07, 6.45) is 1.15. The van der Waals surface area contributed by atoms with Gasteiger partial charge in [0.15, 0.2) is 0 Å². The number of primary amides is 1. The summed E-state index contributed by atoms with van der Waals surface area (Å²) < 4.78 is 13.0. The van der Waals surface area contributed by atoms with E-state index in [0.29, 0.717) is 36.7 Å². The van der Waals surface area contributed by atoms with Gasteiger partial charge in [0.2, 0.25) is 0 Å². The summed E-state index contributed by atoms with van der Waals surface area (Å²) in [5, 5.41) is 4.69. The maximum atomic E-state index is 12.6. The number of amides is 2. The molecule has 0 spiro atoms. The van der Waals surface area contributed by atoms with Gasteiger partial charge in [0.25, 0.3) is 5.91 Å². The van der Waals surface area contributed by atoms with Gasteiger partial charge in [0.1, 0.15) is 35.0 Å². The zero-order chi connectivity index (χ0) is 25.9. The molecule has 1 unspecified atom stereocenters. The van der Waals surface area contributed by atoms with Gasteiger partial charge in [-0.1, -0.05) is 30.3 Å². The third-order valence-electron chi connectivity index (χ3n) is 5.96. The molecule has 2 aromatic carbocycles. The van der Waals surface area contributed by atoms with Crippen LogP contribution in [-0.4, -0.2) is 45.4 Å². The van der Waals surface area contributed by atoms with E-state index in [1.54, 1.807) is 9.58 Å². The number of nitrogens with two attached hydrogens (primary N) is 2. The molecule has 2 heterocycles. The Balaban J connectivity index is 1.54. The summed E-state index contributed by atoms with van der Waals surface area (Å²) in [5.74, 6) is 0.229. The van der Waals surface area contributed by atoms with Crippen LogP contribution in [0, 0.1) is 0 Å². The van der Waals surface area contributed by atoms with E-state index in [9.17, 15) is 9.59 Å². The van der Waals surface area contributed by atoms with Crippen LogP contribution in [0.1, 0.15) is 55.6 Å². The van der Waals surface area contributed by atoms with Crippen molar-refractivity contribution in [1.82, 2.24) is 14.7 Å². The van der Waals surface area contributed by atoms with Gasteiger partial charge in [0, 0.05) is 18.7 Å². The second kappa shape index (κ2) is 10.3. The highest BCUT2D eigenvalue weighted by Crippen LogP contribution is 2.33. The van der Waals surface area contributed by atoms with Gasteiger partial charge >= 0.3 is 6.09 Å². The number of piperidine rings is 1. The molecule has 1 aliphatic heterocycles. The van der Waals surface area contributed by atoms with Gasteiger partial charge in [-0.05, 0) is 63.4 Å². The van der Waals surface area contributed by atoms with E-state index in [1.165, 1.54) is 0 Å². The summed E-state index contributed by atoms with van der Waals surface area (Å²) in [6, 6.07) is 17.0. The molecule has 4 rings (SSSR count). The Labute approximate surface area is 211 Å². The number of nitrogen functional groups attached to an aromatic ring is 1. The Bertz CT molecular complexity index is 1220. The Morgan fingerprint density at radius 2 is 1.78 bits per heavy atom. The van der Waals surface area contributed by atoms with E-state index in [1.807, 2.05) is 75.4 Å². The number of ether oxygens (including phenoxy) is 2. The number of nitrogens with zero attached hydrogens (tertiary/aromatic N) is 3. The van der Waals surface area contributed by atoms with Crippen LogP contribution in [0.5, 0.6) is 5.75 Å². The second-order valence-corrected chi connectivity index (χ2v) is 9.94. The maximum Gasteiger partial charge on any atom is 0.410 e. The molecule has 4 N–H and O–H groups in total. The van der Waals surface area contributed by atoms with Crippen molar-refractivity contribution in [1.29, 1.82) is 0 Å². The molecule has 9 nitrogen and oxygen atoms in total. The number of hydrogen-bond donors (Lipinski definition) is 2. The molecule has 190 valence electrons. The molecule has 0 saturated carbocycles. The van der Waals surface area contributed by atoms with E-state index in [4.69, 9.17) is 20.9 Å². The van der Waals surface area contributed by atoms with Crippen molar-refractivity contribution < 1.29 is 19.1 Å². The minimum Gasteiger partial charge on any atom is -0.489 e. The van der Waals surface area contributed by atoms with Crippen LogP contribution in [0.15, 0.2) is 54.6 Å². The Morgan fingerprint density at radius 3 is 2.42 bits per heavy atom. The highest BCUT2D eigenvalue weighted by atomic mass is 16.6. The van der Waals surface area contributed by atoms with E-state index < -0.39 is 11.5 Å². The topological polar surface area (TPSA) is 126 Å². The molecule has 36 heavy (non-hydrogen) atoms. The fourth-order valence-electron chi connectivity index (χ4n) is 4.27. The van der Waals surface area contributed by atoms with Crippen molar-refractivity contribution in [2.24, 2.45) is 5.73 Å². The van der Waals surface area contributed by atoms with Crippen molar-refractivity contribution in [3.05, 3.63) is 65.7 Å². The number of carbonyl (C=O) groups is 2. The molecule has 1 saturated heterocycles. The predicted octanol–water partition coefficient (Wildman–Crippen LogP) is 4.38. The summed E-state index contributed by atoms with van der Waals surface area (Å²) in [5.41, 5.74) is 13.8. The molecular formula is C27H33N5O4. The van der Waals surface area contributed by atoms with E-state index in [2.05, 4.69) is 5.10 Å². The Morgan fingerprint density at radius 1 is 1.08 bits per heavy atom. The first-order chi connectivity index (χ1) is 17.1. The lowest BCUT2D eigenvalue weighted by atomic mass is 10.1. The molecule has 0 aliphatic carbocycles. The number of aromatic nitrogens is 2. The van der Waals surface area contributed by atoms with Gasteiger partial charge in [0.05, 0.1) is 6.04 Å². The van der Waals surface area contributed by atoms with E-state index in [-0.39, 0.29) is 23.5 Å². The molecular weight excluding hydrogens is 458 g/mol. The molecule has 1 aliphatic rings.